The number of β-amino-alcohol motifs (C(OH)–C–C–N with tert-alkyl or cyclic N) is 1. The van der Waals surface area contributed by atoms with Gasteiger partial charge in [0.25, 0.3) is 5.91 Å². The van der Waals surface area contributed by atoms with Crippen LogP contribution < -0.4 is 4.74 Å². The normalized spacial score (nSPS) is 24.7. The first-order chi connectivity index (χ1) is 18.9. The van der Waals surface area contributed by atoms with Crippen LogP contribution in [0.5, 0.6) is 5.75 Å². The van der Waals surface area contributed by atoms with Crippen molar-refractivity contribution in [3.63, 3.8) is 0 Å². The molecule has 0 radical (unpaired) electrons. The maximum absolute atomic E-state index is 13.1. The molecular formula is C31H33F3N2O4. The Morgan fingerprint density at radius 1 is 1.23 bits per heavy atom. The average Bonchev–Trinajstić information content (AvgIpc) is 2.90. The number of carbonyl (C=O) groups is 2. The summed E-state index contributed by atoms with van der Waals surface area (Å²) in [4.78, 5) is 28.4. The molecule has 4 rings (SSSR count). The number of alkyl halides is 3. The van der Waals surface area contributed by atoms with Gasteiger partial charge in [-0.25, -0.2) is 0 Å². The van der Waals surface area contributed by atoms with E-state index in [1.807, 2.05) is 12.1 Å². The van der Waals surface area contributed by atoms with E-state index in [1.54, 1.807) is 30.1 Å². The molecule has 1 aliphatic carbocycles. The molecular weight excluding hydrogens is 521 g/mol. The lowest BCUT2D eigenvalue weighted by atomic mass is 9.55. The van der Waals surface area contributed by atoms with Gasteiger partial charge in [-0.1, -0.05) is 24.1 Å². The van der Waals surface area contributed by atoms with E-state index in [2.05, 4.69) is 23.3 Å². The smallest absolute Gasteiger partial charge is 0.416 e. The van der Waals surface area contributed by atoms with Crippen molar-refractivity contribution in [3.8, 4) is 17.6 Å². The van der Waals surface area contributed by atoms with Crippen molar-refractivity contribution in [3.05, 3.63) is 77.9 Å². The Morgan fingerprint density at radius 3 is 2.60 bits per heavy atom. The molecule has 1 saturated heterocycles. The highest BCUT2D eigenvalue weighted by Crippen LogP contribution is 2.52. The number of halogens is 3. The van der Waals surface area contributed by atoms with Crippen molar-refractivity contribution in [1.82, 2.24) is 9.80 Å². The molecule has 9 heteroatoms. The van der Waals surface area contributed by atoms with Crippen LogP contribution in [-0.2, 0) is 21.2 Å². The highest BCUT2D eigenvalue weighted by Gasteiger charge is 2.58. The van der Waals surface area contributed by atoms with Gasteiger partial charge in [0, 0.05) is 50.0 Å². The molecule has 0 bridgehead atoms. The Bertz CT molecular complexity index is 1330. The number of piperidine rings is 1. The lowest BCUT2D eigenvalue weighted by molar-refractivity contribution is -0.143. The van der Waals surface area contributed by atoms with E-state index in [-0.39, 0.29) is 6.04 Å². The molecule has 1 amide bonds. The van der Waals surface area contributed by atoms with E-state index in [1.165, 1.54) is 19.1 Å². The molecule has 2 aliphatic rings. The highest BCUT2D eigenvalue weighted by molar-refractivity contribution is 5.94. The lowest BCUT2D eigenvalue weighted by Gasteiger charge is -2.58. The molecule has 3 atom stereocenters. The number of benzene rings is 2. The number of aliphatic hydroxyl groups is 1. The molecule has 2 fully saturated rings. The maximum atomic E-state index is 13.1. The minimum absolute atomic E-state index is 0.238. The van der Waals surface area contributed by atoms with Crippen molar-refractivity contribution in [1.29, 1.82) is 0 Å². The Labute approximate surface area is 232 Å². The Balaban J connectivity index is 1.60. The van der Waals surface area contributed by atoms with E-state index < -0.39 is 34.6 Å². The zero-order valence-corrected chi connectivity index (χ0v) is 22.6. The topological polar surface area (TPSA) is 70.1 Å². The van der Waals surface area contributed by atoms with Crippen LogP contribution in [0.15, 0.2) is 61.2 Å². The van der Waals surface area contributed by atoms with E-state index >= 15 is 0 Å². The quantitative estimate of drug-likeness (QED) is 0.254. The molecule has 0 aromatic heterocycles. The third-order valence-electron chi connectivity index (χ3n) is 8.14. The second-order valence-electron chi connectivity index (χ2n) is 10.6. The van der Waals surface area contributed by atoms with Crippen LogP contribution in [0.4, 0.5) is 13.2 Å². The summed E-state index contributed by atoms with van der Waals surface area (Å²) in [7, 11) is 1.66. The molecule has 1 heterocycles. The molecule has 6 nitrogen and oxygen atoms in total. The van der Waals surface area contributed by atoms with Crippen molar-refractivity contribution in [2.24, 2.45) is 0 Å². The van der Waals surface area contributed by atoms with Gasteiger partial charge in [-0.15, -0.1) is 6.58 Å². The molecule has 2 aromatic carbocycles. The van der Waals surface area contributed by atoms with Crippen LogP contribution in [-0.4, -0.2) is 65.1 Å². The van der Waals surface area contributed by atoms with Crippen LogP contribution in [0.3, 0.4) is 0 Å². The fourth-order valence-electron chi connectivity index (χ4n) is 6.05. The molecule has 1 N–H and O–H groups in total. The second kappa shape index (κ2) is 11.5. The number of hydrogen-bond donors (Lipinski definition) is 1. The standard InChI is InChI=1S/C31H33F3N2O4/c1-4-17-36-18-16-29(25-6-5-7-27(19-25)40-22(2)37)20-26(14-15-30(29,39)21-36)35(3)28(38)13-10-23-8-11-24(12-9-23)31(32,33)34/h4-9,11-12,19,26,39H,1,14-18,20-21H2,2-3H3/t26-,29+,30+/m1/s1. The van der Waals surface area contributed by atoms with Gasteiger partial charge in [-0.05, 0) is 74.2 Å². The third-order valence-corrected chi connectivity index (χ3v) is 8.14. The van der Waals surface area contributed by atoms with Gasteiger partial charge in [-0.2, -0.15) is 13.2 Å². The molecule has 40 heavy (non-hydrogen) atoms. The SMILES string of the molecule is C=CCN1CC[C@@]2(c3cccc(OC(C)=O)c3)C[C@H](N(C)C(=O)C#Cc3ccc(C(F)(F)F)cc3)CC[C@]2(O)C1. The summed E-state index contributed by atoms with van der Waals surface area (Å²) in [5, 5.41) is 12.1. The van der Waals surface area contributed by atoms with E-state index in [4.69, 9.17) is 4.74 Å². The molecule has 212 valence electrons. The summed E-state index contributed by atoms with van der Waals surface area (Å²) in [6.45, 7) is 6.96. The number of rotatable bonds is 5. The van der Waals surface area contributed by atoms with Crippen LogP contribution in [0.1, 0.15) is 49.3 Å². The zero-order chi connectivity index (χ0) is 29.1. The first-order valence-corrected chi connectivity index (χ1v) is 13.2. The fraction of sp³-hybridized carbons (Fsp3) is 0.419. The predicted molar refractivity (Wildman–Crippen MR) is 144 cm³/mol. The van der Waals surface area contributed by atoms with Gasteiger partial charge in [0.2, 0.25) is 0 Å². The molecule has 1 aliphatic heterocycles. The lowest BCUT2D eigenvalue weighted by Crippen LogP contribution is -2.67. The van der Waals surface area contributed by atoms with Crippen molar-refractivity contribution in [2.75, 3.05) is 26.7 Å². The Morgan fingerprint density at radius 2 is 1.95 bits per heavy atom. The number of likely N-dealkylation sites (tertiary alicyclic amines) is 1. The minimum Gasteiger partial charge on any atom is -0.427 e. The van der Waals surface area contributed by atoms with Gasteiger partial charge in [0.15, 0.2) is 0 Å². The first-order valence-electron chi connectivity index (χ1n) is 13.2. The van der Waals surface area contributed by atoms with Gasteiger partial charge in [-0.3, -0.25) is 14.5 Å². The van der Waals surface area contributed by atoms with Gasteiger partial charge >= 0.3 is 12.1 Å². The van der Waals surface area contributed by atoms with E-state index in [0.717, 1.165) is 17.7 Å². The molecule has 2 aromatic rings. The predicted octanol–water partition coefficient (Wildman–Crippen LogP) is 4.55. The van der Waals surface area contributed by atoms with Crippen LogP contribution in [0.2, 0.25) is 0 Å². The number of amides is 1. The van der Waals surface area contributed by atoms with Gasteiger partial charge < -0.3 is 14.7 Å². The van der Waals surface area contributed by atoms with Gasteiger partial charge in [0.05, 0.1) is 11.2 Å². The van der Waals surface area contributed by atoms with Crippen molar-refractivity contribution in [2.45, 2.75) is 55.8 Å². The number of esters is 1. The van der Waals surface area contributed by atoms with Crippen LogP contribution >= 0.6 is 0 Å². The minimum atomic E-state index is -4.44. The number of hydrogen-bond acceptors (Lipinski definition) is 5. The average molecular weight is 555 g/mol. The van der Waals surface area contributed by atoms with E-state index in [0.29, 0.717) is 56.6 Å². The second-order valence-corrected chi connectivity index (χ2v) is 10.6. The molecule has 0 unspecified atom stereocenters. The van der Waals surface area contributed by atoms with Crippen molar-refractivity contribution >= 4 is 11.9 Å². The summed E-state index contributed by atoms with van der Waals surface area (Å²) >= 11 is 0. The summed E-state index contributed by atoms with van der Waals surface area (Å²) in [6, 6.07) is 11.3. The van der Waals surface area contributed by atoms with Crippen molar-refractivity contribution < 1.29 is 32.6 Å². The van der Waals surface area contributed by atoms with Gasteiger partial charge in [0.1, 0.15) is 5.75 Å². The summed E-state index contributed by atoms with van der Waals surface area (Å²) in [5.74, 6) is 4.73. The summed E-state index contributed by atoms with van der Waals surface area (Å²) < 4.78 is 43.9. The number of fused-ring (bicyclic) bond motifs is 1. The van der Waals surface area contributed by atoms with Crippen LogP contribution in [0, 0.1) is 11.8 Å². The third kappa shape index (κ3) is 6.08. The number of carbonyl (C=O) groups excluding carboxylic acids is 2. The first kappa shape index (κ1) is 29.4. The highest BCUT2D eigenvalue weighted by atomic mass is 19.4. The fourth-order valence-corrected chi connectivity index (χ4v) is 6.05. The molecule has 1 saturated carbocycles. The largest absolute Gasteiger partial charge is 0.427 e. The molecule has 0 spiro atoms. The number of ether oxygens (including phenoxy) is 1. The summed E-state index contributed by atoms with van der Waals surface area (Å²) in [5.41, 5.74) is -1.43. The Kier molecular flexibility index (Phi) is 8.43. The zero-order valence-electron chi connectivity index (χ0n) is 22.6. The maximum Gasteiger partial charge on any atom is 0.416 e. The number of nitrogens with zero attached hydrogens (tertiary/aromatic N) is 2. The Hall–Kier alpha value is -3.61. The van der Waals surface area contributed by atoms with Crippen LogP contribution in [0.25, 0.3) is 0 Å². The van der Waals surface area contributed by atoms with E-state index in [9.17, 15) is 27.9 Å². The monoisotopic (exact) mass is 554 g/mol. The summed E-state index contributed by atoms with van der Waals surface area (Å²) in [6.07, 6.45) is -0.553.